The number of benzene rings is 2. The Hall–Kier alpha value is -3.36. The van der Waals surface area contributed by atoms with Crippen LogP contribution >= 0.6 is 22.9 Å². The Morgan fingerprint density at radius 3 is 2.22 bits per heavy atom. The minimum atomic E-state index is -0.614. The molecule has 0 saturated heterocycles. The maximum atomic E-state index is 12.9. The molecule has 2 amide bonds. The van der Waals surface area contributed by atoms with Crippen molar-refractivity contribution in [2.24, 2.45) is 0 Å². The first kappa shape index (κ1) is 23.3. The predicted molar refractivity (Wildman–Crippen MR) is 125 cm³/mol. The number of methoxy groups -OCH3 is 1. The van der Waals surface area contributed by atoms with Crippen molar-refractivity contribution in [2.75, 3.05) is 24.4 Å². The molecule has 32 heavy (non-hydrogen) atoms. The second kappa shape index (κ2) is 10.3. The molecule has 0 spiro atoms. The molecule has 0 atom stereocenters. The van der Waals surface area contributed by atoms with Crippen LogP contribution in [0.25, 0.3) is 0 Å². The number of rotatable bonds is 7. The highest BCUT2D eigenvalue weighted by molar-refractivity contribution is 7.19. The van der Waals surface area contributed by atoms with Crippen LogP contribution in [0, 0.1) is 6.92 Å². The standard InChI is InChI=1S/C23H21ClN2O5S/c1-4-31-23(29)18-13(2)19(21(28)25-16-9-7-15(24)8-10-16)32-22(18)26-20(27)14-5-11-17(30-3)12-6-14/h5-12H,4H2,1-3H3,(H,25,28)(H,26,27). The normalized spacial score (nSPS) is 10.4. The van der Waals surface area contributed by atoms with Crippen LogP contribution in [0.4, 0.5) is 10.7 Å². The van der Waals surface area contributed by atoms with Crippen LogP contribution in [0.15, 0.2) is 48.5 Å². The van der Waals surface area contributed by atoms with Crippen molar-refractivity contribution < 1.29 is 23.9 Å². The molecule has 2 N–H and O–H groups in total. The Morgan fingerprint density at radius 1 is 0.969 bits per heavy atom. The molecule has 3 rings (SSSR count). The zero-order chi connectivity index (χ0) is 23.3. The quantitative estimate of drug-likeness (QED) is 0.449. The highest BCUT2D eigenvalue weighted by atomic mass is 35.5. The minimum Gasteiger partial charge on any atom is -0.497 e. The van der Waals surface area contributed by atoms with E-state index in [1.165, 1.54) is 7.11 Å². The summed E-state index contributed by atoms with van der Waals surface area (Å²) in [7, 11) is 1.53. The smallest absolute Gasteiger partial charge is 0.341 e. The largest absolute Gasteiger partial charge is 0.497 e. The molecule has 166 valence electrons. The van der Waals surface area contributed by atoms with Gasteiger partial charge in [-0.25, -0.2) is 4.79 Å². The van der Waals surface area contributed by atoms with Crippen molar-refractivity contribution in [1.29, 1.82) is 0 Å². The second-order valence-corrected chi connectivity index (χ2v) is 8.08. The molecule has 0 aliphatic rings. The van der Waals surface area contributed by atoms with E-state index in [0.29, 0.717) is 27.6 Å². The highest BCUT2D eigenvalue weighted by Gasteiger charge is 2.27. The molecule has 3 aromatic rings. The molecule has 0 aliphatic heterocycles. The van der Waals surface area contributed by atoms with Gasteiger partial charge in [-0.15, -0.1) is 11.3 Å². The van der Waals surface area contributed by atoms with Gasteiger partial charge in [0.1, 0.15) is 10.8 Å². The summed E-state index contributed by atoms with van der Waals surface area (Å²) < 4.78 is 10.2. The van der Waals surface area contributed by atoms with Gasteiger partial charge in [-0.3, -0.25) is 9.59 Å². The van der Waals surface area contributed by atoms with Gasteiger partial charge in [-0.05, 0) is 67.9 Å². The van der Waals surface area contributed by atoms with Crippen LogP contribution in [0.2, 0.25) is 5.02 Å². The number of amides is 2. The summed E-state index contributed by atoms with van der Waals surface area (Å²) in [5.74, 6) is -0.840. The topological polar surface area (TPSA) is 93.7 Å². The Labute approximate surface area is 194 Å². The number of thiophene rings is 1. The number of ether oxygens (including phenoxy) is 2. The Balaban J connectivity index is 1.91. The molecule has 0 bridgehead atoms. The summed E-state index contributed by atoms with van der Waals surface area (Å²) in [6, 6.07) is 13.2. The van der Waals surface area contributed by atoms with E-state index in [4.69, 9.17) is 21.1 Å². The molecule has 2 aromatic carbocycles. The number of nitrogens with one attached hydrogen (secondary N) is 2. The lowest BCUT2D eigenvalue weighted by Gasteiger charge is -2.07. The Morgan fingerprint density at radius 2 is 1.62 bits per heavy atom. The first-order valence-corrected chi connectivity index (χ1v) is 10.9. The SMILES string of the molecule is CCOC(=O)c1c(NC(=O)c2ccc(OC)cc2)sc(C(=O)Nc2ccc(Cl)cc2)c1C. The van der Waals surface area contributed by atoms with Crippen LogP contribution in [0.1, 0.15) is 42.9 Å². The third-order valence-electron chi connectivity index (χ3n) is 4.51. The maximum absolute atomic E-state index is 12.9. The first-order chi connectivity index (χ1) is 15.3. The van der Waals surface area contributed by atoms with E-state index in [1.54, 1.807) is 62.4 Å². The van der Waals surface area contributed by atoms with Crippen LogP contribution in [0.3, 0.4) is 0 Å². The summed E-state index contributed by atoms with van der Waals surface area (Å²) in [5, 5.41) is 6.28. The molecule has 1 heterocycles. The fourth-order valence-electron chi connectivity index (χ4n) is 2.91. The van der Waals surface area contributed by atoms with Crippen molar-refractivity contribution in [3.63, 3.8) is 0 Å². The zero-order valence-electron chi connectivity index (χ0n) is 17.7. The maximum Gasteiger partial charge on any atom is 0.341 e. The average molecular weight is 473 g/mol. The molecule has 9 heteroatoms. The molecular formula is C23H21ClN2O5S. The lowest BCUT2D eigenvalue weighted by molar-refractivity contribution is 0.0527. The monoisotopic (exact) mass is 472 g/mol. The number of carbonyl (C=O) groups excluding carboxylic acids is 3. The number of hydrogen-bond donors (Lipinski definition) is 2. The van der Waals surface area contributed by atoms with Gasteiger partial charge in [0, 0.05) is 16.3 Å². The van der Waals surface area contributed by atoms with Crippen molar-refractivity contribution >= 4 is 51.4 Å². The van der Waals surface area contributed by atoms with E-state index in [9.17, 15) is 14.4 Å². The van der Waals surface area contributed by atoms with Gasteiger partial charge < -0.3 is 20.1 Å². The van der Waals surface area contributed by atoms with Gasteiger partial charge in [0.15, 0.2) is 0 Å². The Bertz CT molecular complexity index is 1140. The average Bonchev–Trinajstić information content (AvgIpc) is 3.11. The van der Waals surface area contributed by atoms with Gasteiger partial charge in [0.25, 0.3) is 11.8 Å². The zero-order valence-corrected chi connectivity index (χ0v) is 19.2. The fraction of sp³-hybridized carbons (Fsp3) is 0.174. The molecule has 0 unspecified atom stereocenters. The Kier molecular flexibility index (Phi) is 7.50. The van der Waals surface area contributed by atoms with Gasteiger partial charge in [0.2, 0.25) is 0 Å². The van der Waals surface area contributed by atoms with Crippen molar-refractivity contribution in [3.8, 4) is 5.75 Å². The highest BCUT2D eigenvalue weighted by Crippen LogP contribution is 2.35. The molecule has 0 aliphatic carbocycles. The number of hydrogen-bond acceptors (Lipinski definition) is 6. The predicted octanol–water partition coefficient (Wildman–Crippen LogP) is 5.40. The van der Waals surface area contributed by atoms with Gasteiger partial charge >= 0.3 is 5.97 Å². The number of carbonyl (C=O) groups is 3. The molecule has 0 saturated carbocycles. The van der Waals surface area contributed by atoms with Crippen molar-refractivity contribution in [1.82, 2.24) is 0 Å². The first-order valence-electron chi connectivity index (χ1n) is 9.66. The van der Waals surface area contributed by atoms with Crippen LogP contribution in [-0.4, -0.2) is 31.5 Å². The number of esters is 1. The van der Waals surface area contributed by atoms with Gasteiger partial charge in [-0.2, -0.15) is 0 Å². The summed E-state index contributed by atoms with van der Waals surface area (Å²) in [5.41, 5.74) is 1.50. The van der Waals surface area contributed by atoms with E-state index >= 15 is 0 Å². The van der Waals surface area contributed by atoms with Crippen LogP contribution in [0.5, 0.6) is 5.75 Å². The second-order valence-electron chi connectivity index (χ2n) is 6.62. The van der Waals surface area contributed by atoms with Crippen molar-refractivity contribution in [3.05, 3.63) is 75.1 Å². The number of anilines is 2. The molecule has 1 aromatic heterocycles. The summed E-state index contributed by atoms with van der Waals surface area (Å²) in [4.78, 5) is 38.5. The lowest BCUT2D eigenvalue weighted by atomic mass is 10.1. The molecule has 7 nitrogen and oxygen atoms in total. The molecule has 0 radical (unpaired) electrons. The van der Waals surface area contributed by atoms with Crippen LogP contribution in [-0.2, 0) is 4.74 Å². The van der Waals surface area contributed by atoms with Gasteiger partial charge in [-0.1, -0.05) is 11.6 Å². The van der Waals surface area contributed by atoms with E-state index in [2.05, 4.69) is 10.6 Å². The van der Waals surface area contributed by atoms with E-state index < -0.39 is 17.8 Å². The van der Waals surface area contributed by atoms with E-state index in [0.717, 1.165) is 11.3 Å². The third-order valence-corrected chi connectivity index (χ3v) is 5.97. The molecule has 0 fully saturated rings. The fourth-order valence-corrected chi connectivity index (χ4v) is 4.12. The van der Waals surface area contributed by atoms with E-state index in [1.807, 2.05) is 0 Å². The summed E-state index contributed by atoms with van der Waals surface area (Å²) in [6.07, 6.45) is 0. The third kappa shape index (κ3) is 5.27. The number of halogens is 1. The van der Waals surface area contributed by atoms with E-state index in [-0.39, 0.29) is 22.0 Å². The lowest BCUT2D eigenvalue weighted by Crippen LogP contribution is -2.15. The van der Waals surface area contributed by atoms with Gasteiger partial charge in [0.05, 0.1) is 24.2 Å². The summed E-state index contributed by atoms with van der Waals surface area (Å²) in [6.45, 7) is 3.48. The van der Waals surface area contributed by atoms with Crippen LogP contribution < -0.4 is 15.4 Å². The summed E-state index contributed by atoms with van der Waals surface area (Å²) >= 11 is 6.89. The van der Waals surface area contributed by atoms with Crippen molar-refractivity contribution in [2.45, 2.75) is 13.8 Å². The minimum absolute atomic E-state index is 0.153. The molecular weight excluding hydrogens is 452 g/mol.